The van der Waals surface area contributed by atoms with Crippen LogP contribution in [0.25, 0.3) is 0 Å². The van der Waals surface area contributed by atoms with Crippen molar-refractivity contribution in [3.8, 4) is 11.8 Å². The zero-order chi connectivity index (χ0) is 20.9. The van der Waals surface area contributed by atoms with Crippen LogP contribution in [0.1, 0.15) is 24.0 Å². The summed E-state index contributed by atoms with van der Waals surface area (Å²) in [6.45, 7) is 0.504. The van der Waals surface area contributed by atoms with E-state index in [0.717, 1.165) is 5.56 Å². The lowest BCUT2D eigenvalue weighted by atomic mass is 10.00. The molecule has 0 spiro atoms. The Morgan fingerprint density at radius 1 is 1.24 bits per heavy atom. The fourth-order valence-corrected chi connectivity index (χ4v) is 4.78. The number of sulfonamides is 1. The molecule has 8 heteroatoms. The van der Waals surface area contributed by atoms with E-state index in [9.17, 15) is 13.2 Å². The second-order valence-corrected chi connectivity index (χ2v) is 8.74. The zero-order valence-electron chi connectivity index (χ0n) is 16.1. The molecule has 2 aromatic rings. The molecule has 7 nitrogen and oxygen atoms in total. The maximum Gasteiger partial charge on any atom is 0.310 e. The summed E-state index contributed by atoms with van der Waals surface area (Å²) >= 11 is 0. The molecule has 1 atom stereocenters. The van der Waals surface area contributed by atoms with Gasteiger partial charge >= 0.3 is 5.97 Å². The van der Waals surface area contributed by atoms with Crippen molar-refractivity contribution in [3.63, 3.8) is 0 Å². The molecule has 0 amide bonds. The van der Waals surface area contributed by atoms with Gasteiger partial charge in [-0.3, -0.25) is 4.79 Å². The first-order chi connectivity index (χ1) is 13.9. The highest BCUT2D eigenvalue weighted by molar-refractivity contribution is 7.89. The highest BCUT2D eigenvalue weighted by Gasteiger charge is 2.34. The molecule has 0 aliphatic carbocycles. The maximum absolute atomic E-state index is 12.9. The average Bonchev–Trinajstić information content (AvgIpc) is 2.77. The quantitative estimate of drug-likeness (QED) is 0.674. The molecule has 0 saturated carbocycles. The molecular weight excluding hydrogens is 392 g/mol. The summed E-state index contributed by atoms with van der Waals surface area (Å²) in [7, 11) is -2.18. The molecule has 1 heterocycles. The third-order valence-corrected chi connectivity index (χ3v) is 6.73. The highest BCUT2D eigenvalue weighted by atomic mass is 32.2. The number of esters is 1. The molecule has 152 valence electrons. The van der Waals surface area contributed by atoms with E-state index in [-0.39, 0.29) is 18.0 Å². The molecule has 0 aromatic heterocycles. The van der Waals surface area contributed by atoms with Crippen molar-refractivity contribution in [2.24, 2.45) is 5.92 Å². The Morgan fingerprint density at radius 2 is 2.00 bits per heavy atom. The Morgan fingerprint density at radius 3 is 2.69 bits per heavy atom. The second-order valence-electron chi connectivity index (χ2n) is 6.80. The number of carbonyl (C=O) groups excluding carboxylic acids is 1. The lowest BCUT2D eigenvalue weighted by molar-refractivity contribution is -0.151. The molecule has 3 rings (SSSR count). The van der Waals surface area contributed by atoms with Crippen LogP contribution < -0.4 is 4.74 Å². The van der Waals surface area contributed by atoms with Crippen LogP contribution in [-0.2, 0) is 26.2 Å². The molecule has 29 heavy (non-hydrogen) atoms. The number of methoxy groups -OCH3 is 1. The number of benzene rings is 2. The molecule has 0 radical (unpaired) electrons. The van der Waals surface area contributed by atoms with Gasteiger partial charge in [0.2, 0.25) is 10.0 Å². The molecule has 2 aromatic carbocycles. The molecule has 1 fully saturated rings. The lowest BCUT2D eigenvalue weighted by Crippen LogP contribution is -2.42. The lowest BCUT2D eigenvalue weighted by Gasteiger charge is -2.30. The van der Waals surface area contributed by atoms with Crippen LogP contribution >= 0.6 is 0 Å². The van der Waals surface area contributed by atoms with Crippen LogP contribution in [0.3, 0.4) is 0 Å². The van der Waals surface area contributed by atoms with Gasteiger partial charge in [-0.05, 0) is 54.8 Å². The molecule has 1 aliphatic rings. The van der Waals surface area contributed by atoms with Crippen molar-refractivity contribution >= 4 is 16.0 Å². The molecular formula is C21H22N2O5S. The van der Waals surface area contributed by atoms with E-state index < -0.39 is 21.9 Å². The first-order valence-corrected chi connectivity index (χ1v) is 10.7. The Hall–Kier alpha value is -2.89. The van der Waals surface area contributed by atoms with Crippen molar-refractivity contribution < 1.29 is 22.7 Å². The van der Waals surface area contributed by atoms with Gasteiger partial charge in [0, 0.05) is 13.1 Å². The van der Waals surface area contributed by atoms with Crippen molar-refractivity contribution in [2.45, 2.75) is 24.3 Å². The summed E-state index contributed by atoms with van der Waals surface area (Å²) in [5.41, 5.74) is 1.21. The molecule has 0 bridgehead atoms. The smallest absolute Gasteiger partial charge is 0.310 e. The van der Waals surface area contributed by atoms with Crippen LogP contribution in [-0.4, -0.2) is 38.9 Å². The molecule has 1 saturated heterocycles. The number of carbonyl (C=O) groups is 1. The van der Waals surface area contributed by atoms with Crippen LogP contribution in [0.4, 0.5) is 0 Å². The predicted octanol–water partition coefficient (Wildman–Crippen LogP) is 2.71. The van der Waals surface area contributed by atoms with Gasteiger partial charge in [-0.1, -0.05) is 12.1 Å². The van der Waals surface area contributed by atoms with E-state index >= 15 is 0 Å². The Labute approximate surface area is 170 Å². The minimum atomic E-state index is -3.70. The number of hydrogen-bond acceptors (Lipinski definition) is 6. The third kappa shape index (κ3) is 4.94. The molecule has 1 unspecified atom stereocenters. The van der Waals surface area contributed by atoms with Crippen molar-refractivity contribution in [1.82, 2.24) is 4.31 Å². The average molecular weight is 414 g/mol. The van der Waals surface area contributed by atoms with Crippen molar-refractivity contribution in [1.29, 1.82) is 5.26 Å². The zero-order valence-corrected chi connectivity index (χ0v) is 16.9. The minimum absolute atomic E-state index is 0.0517. The Balaban J connectivity index is 1.64. The summed E-state index contributed by atoms with van der Waals surface area (Å²) in [5, 5.41) is 8.94. The van der Waals surface area contributed by atoms with E-state index in [1.54, 1.807) is 36.4 Å². The number of hydrogen-bond donors (Lipinski definition) is 0. The van der Waals surface area contributed by atoms with Gasteiger partial charge < -0.3 is 9.47 Å². The van der Waals surface area contributed by atoms with Gasteiger partial charge in [-0.2, -0.15) is 9.57 Å². The number of ether oxygens (including phenoxy) is 2. The third-order valence-electron chi connectivity index (χ3n) is 4.85. The monoisotopic (exact) mass is 414 g/mol. The number of nitriles is 1. The summed E-state index contributed by atoms with van der Waals surface area (Å²) < 4.78 is 37.6. The van der Waals surface area contributed by atoms with E-state index in [1.807, 2.05) is 6.07 Å². The number of nitrogens with zero attached hydrogens (tertiary/aromatic N) is 2. The van der Waals surface area contributed by atoms with Gasteiger partial charge in [0.25, 0.3) is 0 Å². The van der Waals surface area contributed by atoms with Gasteiger partial charge in [0.15, 0.2) is 0 Å². The summed E-state index contributed by atoms with van der Waals surface area (Å²) in [6, 6.07) is 15.1. The molecule has 0 N–H and O–H groups in total. The number of rotatable bonds is 6. The molecule has 1 aliphatic heterocycles. The maximum atomic E-state index is 12.9. The van der Waals surface area contributed by atoms with Gasteiger partial charge in [0.05, 0.1) is 29.6 Å². The Kier molecular flexibility index (Phi) is 6.52. The SMILES string of the molecule is COc1ccc(S(=O)(=O)N2CCCC(C(=O)OCc3cccc(C#N)c3)C2)cc1. The van der Waals surface area contributed by atoms with E-state index in [1.165, 1.54) is 23.5 Å². The van der Waals surface area contributed by atoms with Crippen molar-refractivity contribution in [3.05, 3.63) is 59.7 Å². The standard InChI is InChI=1S/C21H22N2O5S/c1-27-19-7-9-20(10-8-19)29(25,26)23-11-3-6-18(14-23)21(24)28-15-17-5-2-4-16(12-17)13-22/h2,4-5,7-10,12,18H,3,6,11,14-15H2,1H3. The van der Waals surface area contributed by atoms with E-state index in [2.05, 4.69) is 0 Å². The minimum Gasteiger partial charge on any atom is -0.497 e. The first kappa shape index (κ1) is 20.8. The largest absolute Gasteiger partial charge is 0.497 e. The summed E-state index contributed by atoms with van der Waals surface area (Å²) in [6.07, 6.45) is 1.16. The normalized spacial score (nSPS) is 17.3. The predicted molar refractivity (Wildman–Crippen MR) is 105 cm³/mol. The first-order valence-electron chi connectivity index (χ1n) is 9.24. The van der Waals surface area contributed by atoms with Gasteiger partial charge in [-0.25, -0.2) is 8.42 Å². The fraction of sp³-hybridized carbons (Fsp3) is 0.333. The van der Waals surface area contributed by atoms with Crippen molar-refractivity contribution in [2.75, 3.05) is 20.2 Å². The summed E-state index contributed by atoms with van der Waals surface area (Å²) in [4.78, 5) is 12.7. The number of piperidine rings is 1. The van der Waals surface area contributed by atoms with E-state index in [0.29, 0.717) is 30.7 Å². The Bertz CT molecular complexity index is 1010. The topological polar surface area (TPSA) is 96.7 Å². The highest BCUT2D eigenvalue weighted by Crippen LogP contribution is 2.26. The van der Waals surface area contributed by atoms with Gasteiger partial charge in [0.1, 0.15) is 12.4 Å². The van der Waals surface area contributed by atoms with Crippen LogP contribution in [0.15, 0.2) is 53.4 Å². The fourth-order valence-electron chi connectivity index (χ4n) is 3.25. The van der Waals surface area contributed by atoms with Crippen LogP contribution in [0.2, 0.25) is 0 Å². The van der Waals surface area contributed by atoms with E-state index in [4.69, 9.17) is 14.7 Å². The second kappa shape index (κ2) is 9.07. The summed E-state index contributed by atoms with van der Waals surface area (Å²) in [5.74, 6) is -0.373. The van der Waals surface area contributed by atoms with Crippen LogP contribution in [0, 0.1) is 17.2 Å². The van der Waals surface area contributed by atoms with Gasteiger partial charge in [-0.15, -0.1) is 0 Å². The van der Waals surface area contributed by atoms with Crippen LogP contribution in [0.5, 0.6) is 5.75 Å².